The summed E-state index contributed by atoms with van der Waals surface area (Å²) in [6.07, 6.45) is 118. The van der Waals surface area contributed by atoms with E-state index in [0.717, 1.165) is 199 Å². The molecule has 4 N–H and O–H groups in total. The van der Waals surface area contributed by atoms with Gasteiger partial charge in [-0.2, -0.15) is 0 Å². The van der Waals surface area contributed by atoms with Crippen LogP contribution in [0.15, 0.2) is 182 Å². The summed E-state index contributed by atoms with van der Waals surface area (Å²) in [5, 5.41) is 20.7. The van der Waals surface area contributed by atoms with E-state index in [2.05, 4.69) is 203 Å². The van der Waals surface area contributed by atoms with Crippen molar-refractivity contribution in [2.45, 2.75) is 386 Å². The lowest BCUT2D eigenvalue weighted by molar-refractivity contribution is -0.161. The fraction of sp³-hybridized carbons (Fsp3) is 0.667. The van der Waals surface area contributed by atoms with Gasteiger partial charge in [0.15, 0.2) is 6.10 Å². The first-order chi connectivity index (χ1) is 57.2. The normalized spacial score (nSPS) is 14.6. The number of aliphatic hydroxyl groups is 2. The smallest absolute Gasteiger partial charge is 0.463 e. The Morgan fingerprint density at radius 1 is 0.248 bits per heavy atom. The van der Waals surface area contributed by atoms with E-state index >= 15 is 0 Å². The van der Waals surface area contributed by atoms with E-state index < -0.39 is 91.5 Å². The molecule has 0 aromatic heterocycles. The molecule has 0 aliphatic heterocycles. The molecule has 117 heavy (non-hydrogen) atoms. The molecule has 0 amide bonds. The van der Waals surface area contributed by atoms with Gasteiger partial charge in [0, 0.05) is 19.3 Å². The zero-order valence-corrected chi connectivity index (χ0v) is 75.4. The first kappa shape index (κ1) is 112. The van der Waals surface area contributed by atoms with Gasteiger partial charge in [-0.05, 0) is 161 Å². The summed E-state index contributed by atoms with van der Waals surface area (Å²) < 4.78 is 61.4. The van der Waals surface area contributed by atoms with Crippen LogP contribution < -0.4 is 0 Å². The van der Waals surface area contributed by atoms with E-state index in [1.54, 1.807) is 0 Å². The highest BCUT2D eigenvalue weighted by atomic mass is 31.2. The number of esters is 3. The molecule has 0 aromatic rings. The van der Waals surface area contributed by atoms with Crippen LogP contribution in [0.5, 0.6) is 0 Å². The van der Waals surface area contributed by atoms with E-state index in [1.165, 1.54) is 109 Å². The summed E-state index contributed by atoms with van der Waals surface area (Å²) in [4.78, 5) is 59.0. The van der Waals surface area contributed by atoms with Crippen LogP contribution in [-0.4, -0.2) is 95.9 Å². The number of ether oxygens (including phenoxy) is 3. The molecule has 0 aliphatic carbocycles. The van der Waals surface area contributed by atoms with E-state index in [1.807, 2.05) is 0 Å². The van der Waals surface area contributed by atoms with Crippen LogP contribution in [0.25, 0.3) is 0 Å². The lowest BCUT2D eigenvalue weighted by Crippen LogP contribution is -2.30. The Hall–Kier alpha value is -5.35. The Balaban J connectivity index is 4.54. The van der Waals surface area contributed by atoms with Crippen molar-refractivity contribution in [2.75, 3.05) is 39.6 Å². The van der Waals surface area contributed by atoms with Crippen molar-refractivity contribution in [3.05, 3.63) is 182 Å². The molecular formula is C99H166O16P2. The van der Waals surface area contributed by atoms with Crippen LogP contribution >= 0.6 is 15.6 Å². The second kappa shape index (κ2) is 89.9. The fourth-order valence-electron chi connectivity index (χ4n) is 12.2. The average molecular weight is 1670 g/mol. The highest BCUT2D eigenvalue weighted by molar-refractivity contribution is 7.47. The zero-order chi connectivity index (χ0) is 85.1. The number of phosphoric acid groups is 2. The largest absolute Gasteiger partial charge is 0.472 e. The SMILES string of the molecule is CC/C=C\C/C=C\C/C=C\C/C=C\C/C=C\C/C=C\CCCCCCCCCCCCCCCCCCC(=O)OCC(O)COP(=O)(O)OCC(O)COP(=O)(O)OCC(COC(=O)CCCCCCCCCC/C=C\C/C=C\C/C=C\C/C=C\C/C=C\C/C=C\CC)OC(=O)CCCCCCCC/C=C\C/C=C\C/C=C\CCCCC. The van der Waals surface area contributed by atoms with Gasteiger partial charge in [0.1, 0.15) is 25.4 Å². The first-order valence-electron chi connectivity index (χ1n) is 46.1. The van der Waals surface area contributed by atoms with Crippen LogP contribution in [0, 0.1) is 0 Å². The third kappa shape index (κ3) is 91.2. The quantitative estimate of drug-likeness (QED) is 0.0146. The van der Waals surface area contributed by atoms with Crippen LogP contribution in [0.4, 0.5) is 0 Å². The number of carbonyl (C=O) groups is 3. The number of hydrogen-bond donors (Lipinski definition) is 4. The van der Waals surface area contributed by atoms with Gasteiger partial charge < -0.3 is 34.2 Å². The number of aliphatic hydroxyl groups excluding tert-OH is 2. The Bertz CT molecular complexity index is 2860. The molecule has 0 bridgehead atoms. The van der Waals surface area contributed by atoms with E-state index in [9.17, 15) is 43.5 Å². The summed E-state index contributed by atoms with van der Waals surface area (Å²) in [5.41, 5.74) is 0. The van der Waals surface area contributed by atoms with Crippen molar-refractivity contribution < 1.29 is 75.8 Å². The van der Waals surface area contributed by atoms with Crippen LogP contribution in [0.1, 0.15) is 367 Å². The van der Waals surface area contributed by atoms with Crippen LogP contribution in [0.2, 0.25) is 0 Å². The zero-order valence-electron chi connectivity index (χ0n) is 73.6. The molecule has 0 spiro atoms. The molecule has 18 heteroatoms. The minimum atomic E-state index is -4.95. The maximum absolute atomic E-state index is 13.0. The third-order valence-electron chi connectivity index (χ3n) is 19.1. The molecule has 0 aliphatic rings. The number of allylic oxidation sites excluding steroid dienone is 30. The van der Waals surface area contributed by atoms with Crippen LogP contribution in [0.3, 0.4) is 0 Å². The first-order valence-corrected chi connectivity index (χ1v) is 49.1. The summed E-state index contributed by atoms with van der Waals surface area (Å²) in [6, 6.07) is 0. The molecule has 668 valence electrons. The molecule has 0 radical (unpaired) electrons. The molecule has 0 heterocycles. The topological polar surface area (TPSA) is 231 Å². The van der Waals surface area contributed by atoms with Crippen molar-refractivity contribution in [3.63, 3.8) is 0 Å². The van der Waals surface area contributed by atoms with Gasteiger partial charge in [-0.1, -0.05) is 370 Å². The van der Waals surface area contributed by atoms with Gasteiger partial charge >= 0.3 is 33.6 Å². The molecule has 16 nitrogen and oxygen atoms in total. The fourth-order valence-corrected chi connectivity index (χ4v) is 13.8. The number of unbranched alkanes of at least 4 members (excludes halogenated alkanes) is 33. The van der Waals surface area contributed by atoms with Gasteiger partial charge in [-0.25, -0.2) is 9.13 Å². The Morgan fingerprint density at radius 3 is 0.718 bits per heavy atom. The van der Waals surface area contributed by atoms with Crippen LogP contribution in [-0.2, 0) is 55.8 Å². The predicted octanol–water partition coefficient (Wildman–Crippen LogP) is 28.4. The van der Waals surface area contributed by atoms with Crippen molar-refractivity contribution in [3.8, 4) is 0 Å². The van der Waals surface area contributed by atoms with Gasteiger partial charge in [-0.15, -0.1) is 0 Å². The van der Waals surface area contributed by atoms with Gasteiger partial charge in [0.05, 0.1) is 26.4 Å². The van der Waals surface area contributed by atoms with E-state index in [0.29, 0.717) is 19.3 Å². The highest BCUT2D eigenvalue weighted by Gasteiger charge is 2.29. The molecule has 5 unspecified atom stereocenters. The van der Waals surface area contributed by atoms with E-state index in [4.69, 9.17) is 32.3 Å². The summed E-state index contributed by atoms with van der Waals surface area (Å²) in [5.74, 6) is -1.60. The molecule has 0 saturated heterocycles. The number of phosphoric ester groups is 2. The van der Waals surface area contributed by atoms with Crippen molar-refractivity contribution in [2.24, 2.45) is 0 Å². The maximum Gasteiger partial charge on any atom is 0.472 e. The number of carbonyl (C=O) groups excluding carboxylic acids is 3. The third-order valence-corrected chi connectivity index (χ3v) is 21.0. The van der Waals surface area contributed by atoms with Crippen molar-refractivity contribution >= 4 is 33.6 Å². The maximum atomic E-state index is 13.0. The molecular weight excluding hydrogens is 1510 g/mol. The van der Waals surface area contributed by atoms with Crippen molar-refractivity contribution in [1.82, 2.24) is 0 Å². The van der Waals surface area contributed by atoms with Gasteiger partial charge in [0.2, 0.25) is 0 Å². The van der Waals surface area contributed by atoms with E-state index in [-0.39, 0.29) is 19.3 Å². The molecule has 0 rings (SSSR count). The second-order valence-electron chi connectivity index (χ2n) is 30.3. The summed E-state index contributed by atoms with van der Waals surface area (Å²) in [6.45, 7) is 2.43. The Morgan fingerprint density at radius 2 is 0.453 bits per heavy atom. The molecule has 5 atom stereocenters. The standard InChI is InChI=1S/C99H166O16P2/c1-4-7-10-13-16-19-22-25-28-31-34-36-38-40-42-43-44-45-46-47-48-49-51-53-54-56-59-61-64-67-70-73-76-79-82-85-97(102)109-88-94(100)89-111-116(105,106)112-90-95(101)91-113-117(107,108)114-93-96(115-99(104)87-84-81-78-75-72-69-66-63-58-33-30-27-24-21-18-15-12-9-6-3)92-110-98(103)86-83-80-77-74-71-68-65-62-60-57-55-52-50-41-39-37-35-32-29-26-23-20-17-14-11-8-5-2/h7-8,10-11,16-21,25-30,34-37,40-42,44-45,50,55,57-58,63,94-96,100-101H,4-6,9,12-15,22-24,31-33,38-39,43,46-49,51-54,56,59-62,64-93H2,1-3H3,(H,105,106)(H,107,108)/b10-7-,11-8-,19-16-,20-17-,21-18-,28-25-,29-26-,30-27-,36-34-,37-35-,42-40-,45-44-,50-41-,57-55-,63-58-. The minimum Gasteiger partial charge on any atom is -0.463 e. The summed E-state index contributed by atoms with van der Waals surface area (Å²) in [7, 11) is -9.82. The average Bonchev–Trinajstić information content (AvgIpc) is 0.904. The lowest BCUT2D eigenvalue weighted by Gasteiger charge is -2.21. The van der Waals surface area contributed by atoms with Gasteiger partial charge in [0.25, 0.3) is 0 Å². The second-order valence-corrected chi connectivity index (χ2v) is 33.2. The monoisotopic (exact) mass is 1670 g/mol. The predicted molar refractivity (Wildman–Crippen MR) is 491 cm³/mol. The summed E-state index contributed by atoms with van der Waals surface area (Å²) >= 11 is 0. The molecule has 0 saturated carbocycles. The minimum absolute atomic E-state index is 0.0833. The number of hydrogen-bond acceptors (Lipinski definition) is 14. The Labute approximate surface area is 713 Å². The Kier molecular flexibility index (Phi) is 85.8. The van der Waals surface area contributed by atoms with Crippen molar-refractivity contribution in [1.29, 1.82) is 0 Å². The lowest BCUT2D eigenvalue weighted by atomic mass is 10.0. The van der Waals surface area contributed by atoms with Gasteiger partial charge in [-0.3, -0.25) is 32.5 Å². The number of rotatable bonds is 86. The highest BCUT2D eigenvalue weighted by Crippen LogP contribution is 2.45. The molecule has 0 aromatic carbocycles. The molecule has 0 fully saturated rings.